The fourth-order valence-corrected chi connectivity index (χ4v) is 7.62. The van der Waals surface area contributed by atoms with Crippen molar-refractivity contribution in [1.29, 1.82) is 0 Å². The van der Waals surface area contributed by atoms with Crippen molar-refractivity contribution in [2.75, 3.05) is 13.1 Å². The molecule has 1 saturated heterocycles. The Kier molecular flexibility index (Phi) is 5.07. The first-order valence-corrected chi connectivity index (χ1v) is 12.8. The molecular formula is C23H22F3N5O3S. The summed E-state index contributed by atoms with van der Waals surface area (Å²) < 4.78 is 73.6. The van der Waals surface area contributed by atoms with Gasteiger partial charge >= 0.3 is 6.18 Å². The highest BCUT2D eigenvalue weighted by Gasteiger charge is 2.60. The largest absolute Gasteiger partial charge is 0.415 e. The van der Waals surface area contributed by atoms with E-state index in [1.54, 1.807) is 18.3 Å². The molecule has 1 spiro atoms. The first kappa shape index (κ1) is 22.6. The van der Waals surface area contributed by atoms with Gasteiger partial charge in [0.2, 0.25) is 5.89 Å². The molecule has 1 aromatic carbocycles. The Morgan fingerprint density at radius 3 is 2.51 bits per heavy atom. The van der Waals surface area contributed by atoms with Crippen molar-refractivity contribution in [3.63, 3.8) is 0 Å². The highest BCUT2D eigenvalue weighted by atomic mass is 32.2. The van der Waals surface area contributed by atoms with E-state index in [9.17, 15) is 21.6 Å². The average molecular weight is 506 g/mol. The molecule has 0 radical (unpaired) electrons. The Bertz CT molecular complexity index is 1380. The maximum atomic E-state index is 13.1. The number of hydrogen-bond acceptors (Lipinski definition) is 6. The molecule has 2 aliphatic carbocycles. The van der Waals surface area contributed by atoms with Gasteiger partial charge in [0.05, 0.1) is 5.54 Å². The number of aromatic nitrogens is 3. The SMILES string of the molecule is O=S1(=O)N[C@]2(CN1CC(F)(F)F)[C@@H]1CC[C@H]2Cc2cc(-c3nnc(-c4ccccn4)o3)ccc2C1. The van der Waals surface area contributed by atoms with E-state index >= 15 is 0 Å². The number of halogens is 3. The predicted molar refractivity (Wildman–Crippen MR) is 119 cm³/mol. The Morgan fingerprint density at radius 1 is 1.06 bits per heavy atom. The van der Waals surface area contributed by atoms with Crippen LogP contribution in [0, 0.1) is 11.8 Å². The van der Waals surface area contributed by atoms with Gasteiger partial charge in [-0.3, -0.25) is 4.98 Å². The van der Waals surface area contributed by atoms with Crippen LogP contribution in [0.2, 0.25) is 0 Å². The standard InChI is InChI=1S/C23H22F3N5O3S/c24-23(25,26)13-31-12-22(30-35(31,32)33)17-6-7-18(22)11-16-9-15(5-4-14(16)10-17)20-28-29-21(34-20)19-3-1-2-8-27-19/h1-5,8-9,17-18,30H,6-7,10-13H2/t17-,18+,22-/m1/s1. The van der Waals surface area contributed by atoms with Crippen molar-refractivity contribution < 1.29 is 26.0 Å². The molecule has 2 aromatic heterocycles. The predicted octanol–water partition coefficient (Wildman–Crippen LogP) is 3.37. The Labute approximate surface area is 199 Å². The maximum Gasteiger partial charge on any atom is 0.402 e. The van der Waals surface area contributed by atoms with Gasteiger partial charge in [0.25, 0.3) is 16.1 Å². The van der Waals surface area contributed by atoms with Crippen molar-refractivity contribution in [1.82, 2.24) is 24.2 Å². The normalized spacial score (nSPS) is 27.7. The molecule has 3 atom stereocenters. The van der Waals surface area contributed by atoms with Crippen LogP contribution in [0.3, 0.4) is 0 Å². The van der Waals surface area contributed by atoms with Gasteiger partial charge in [0.15, 0.2) is 0 Å². The van der Waals surface area contributed by atoms with Crippen molar-refractivity contribution in [3.05, 3.63) is 53.7 Å². The average Bonchev–Trinajstić information content (AvgIpc) is 3.43. The Morgan fingerprint density at radius 2 is 1.80 bits per heavy atom. The molecule has 1 N–H and O–H groups in total. The third kappa shape index (κ3) is 3.93. The fourth-order valence-electron chi connectivity index (χ4n) is 5.91. The second-order valence-electron chi connectivity index (χ2n) is 9.52. The number of alkyl halides is 3. The number of rotatable bonds is 3. The molecule has 35 heavy (non-hydrogen) atoms. The minimum Gasteiger partial charge on any atom is -0.415 e. The van der Waals surface area contributed by atoms with Crippen LogP contribution < -0.4 is 4.72 Å². The molecule has 3 aromatic rings. The number of hydrogen-bond donors (Lipinski definition) is 1. The van der Waals surface area contributed by atoms with Gasteiger partial charge < -0.3 is 4.42 Å². The number of nitrogens with one attached hydrogen (secondary N) is 1. The van der Waals surface area contributed by atoms with Gasteiger partial charge in [0, 0.05) is 18.3 Å². The third-order valence-electron chi connectivity index (χ3n) is 7.47. The molecule has 3 heterocycles. The van der Waals surface area contributed by atoms with Gasteiger partial charge in [-0.1, -0.05) is 12.1 Å². The van der Waals surface area contributed by atoms with Crippen LogP contribution in [0.15, 0.2) is 47.0 Å². The van der Waals surface area contributed by atoms with Crippen LogP contribution in [-0.4, -0.2) is 52.7 Å². The van der Waals surface area contributed by atoms with Gasteiger partial charge in [-0.2, -0.15) is 30.6 Å². The second kappa shape index (κ2) is 7.84. The summed E-state index contributed by atoms with van der Waals surface area (Å²) in [6.07, 6.45) is -0.285. The van der Waals surface area contributed by atoms with E-state index in [1.165, 1.54) is 0 Å². The highest BCUT2D eigenvalue weighted by molar-refractivity contribution is 7.87. The summed E-state index contributed by atoms with van der Waals surface area (Å²) in [6, 6.07) is 11.2. The molecule has 0 amide bonds. The van der Waals surface area contributed by atoms with Crippen molar-refractivity contribution >= 4 is 10.2 Å². The summed E-state index contributed by atoms with van der Waals surface area (Å²) >= 11 is 0. The summed E-state index contributed by atoms with van der Waals surface area (Å²) in [4.78, 5) is 4.22. The smallest absolute Gasteiger partial charge is 0.402 e. The van der Waals surface area contributed by atoms with E-state index in [1.807, 2.05) is 24.3 Å². The summed E-state index contributed by atoms with van der Waals surface area (Å²) in [5.74, 6) is 0.463. The van der Waals surface area contributed by atoms with Crippen LogP contribution in [0.5, 0.6) is 0 Å². The number of fused-ring (bicyclic) bond motifs is 1. The molecule has 8 nitrogen and oxygen atoms in total. The molecule has 0 unspecified atom stereocenters. The van der Waals surface area contributed by atoms with E-state index in [0.29, 0.717) is 34.6 Å². The van der Waals surface area contributed by atoms with Crippen LogP contribution in [0.25, 0.3) is 23.0 Å². The zero-order valence-electron chi connectivity index (χ0n) is 18.5. The van der Waals surface area contributed by atoms with Crippen molar-refractivity contribution in [2.45, 2.75) is 37.4 Å². The summed E-state index contributed by atoms with van der Waals surface area (Å²) in [6.45, 7) is -1.64. The molecule has 12 heteroatoms. The number of benzene rings is 1. The Balaban J connectivity index is 1.30. The van der Waals surface area contributed by atoms with Gasteiger partial charge in [-0.05, 0) is 72.9 Å². The lowest BCUT2D eigenvalue weighted by atomic mass is 9.79. The first-order valence-electron chi connectivity index (χ1n) is 11.4. The number of nitrogens with zero attached hydrogens (tertiary/aromatic N) is 4. The van der Waals surface area contributed by atoms with Crippen LogP contribution in [-0.2, 0) is 23.1 Å². The number of pyridine rings is 1. The minimum atomic E-state index is -4.60. The van der Waals surface area contributed by atoms with Crippen molar-refractivity contribution in [3.8, 4) is 23.0 Å². The molecular weight excluding hydrogens is 483 g/mol. The lowest BCUT2D eigenvalue weighted by Gasteiger charge is -2.33. The van der Waals surface area contributed by atoms with Gasteiger partial charge in [-0.25, -0.2) is 0 Å². The van der Waals surface area contributed by atoms with E-state index < -0.39 is 28.5 Å². The maximum absolute atomic E-state index is 13.1. The summed E-state index contributed by atoms with van der Waals surface area (Å²) in [7, 11) is -4.21. The second-order valence-corrected chi connectivity index (χ2v) is 11.2. The van der Waals surface area contributed by atoms with E-state index in [-0.39, 0.29) is 18.4 Å². The van der Waals surface area contributed by atoms with Gasteiger partial charge in [0.1, 0.15) is 12.2 Å². The van der Waals surface area contributed by atoms with E-state index in [2.05, 4.69) is 19.9 Å². The van der Waals surface area contributed by atoms with Crippen molar-refractivity contribution in [2.24, 2.45) is 11.8 Å². The molecule has 184 valence electrons. The topological polar surface area (TPSA) is 101 Å². The lowest BCUT2D eigenvalue weighted by molar-refractivity contribution is -0.136. The Hall–Kier alpha value is -2.83. The fraction of sp³-hybridized carbons (Fsp3) is 0.435. The van der Waals surface area contributed by atoms with Gasteiger partial charge in [-0.15, -0.1) is 10.2 Å². The zero-order valence-corrected chi connectivity index (χ0v) is 19.3. The molecule has 2 fully saturated rings. The zero-order chi connectivity index (χ0) is 24.4. The van der Waals surface area contributed by atoms with E-state index in [4.69, 9.17) is 4.42 Å². The monoisotopic (exact) mass is 505 g/mol. The highest BCUT2D eigenvalue weighted by Crippen LogP contribution is 2.50. The van der Waals surface area contributed by atoms with Crippen LogP contribution >= 0.6 is 0 Å². The molecule has 2 bridgehead atoms. The van der Waals surface area contributed by atoms with Crippen LogP contribution in [0.1, 0.15) is 24.0 Å². The lowest BCUT2D eigenvalue weighted by Crippen LogP contribution is -2.52. The van der Waals surface area contributed by atoms with E-state index in [0.717, 1.165) is 29.5 Å². The quantitative estimate of drug-likeness (QED) is 0.586. The van der Waals surface area contributed by atoms with Crippen LogP contribution in [0.4, 0.5) is 13.2 Å². The molecule has 1 saturated carbocycles. The minimum absolute atomic E-state index is 0.0771. The molecule has 1 aliphatic heterocycles. The summed E-state index contributed by atoms with van der Waals surface area (Å²) in [5.41, 5.74) is 2.49. The molecule has 3 aliphatic rings. The summed E-state index contributed by atoms with van der Waals surface area (Å²) in [5, 5.41) is 8.25. The first-order chi connectivity index (χ1) is 16.6. The molecule has 6 rings (SSSR count). The third-order valence-corrected chi connectivity index (χ3v) is 9.04.